The van der Waals surface area contributed by atoms with E-state index in [0.717, 1.165) is 23.9 Å². The SMILES string of the molecule is COc1cc2cnc(Cl)nc2cc1OCCCN1CCCC1. The van der Waals surface area contributed by atoms with Crippen LogP contribution in [0.3, 0.4) is 0 Å². The van der Waals surface area contributed by atoms with Gasteiger partial charge in [0.15, 0.2) is 11.5 Å². The highest BCUT2D eigenvalue weighted by Gasteiger charge is 2.12. The first-order valence-corrected chi connectivity index (χ1v) is 7.99. The van der Waals surface area contributed by atoms with Gasteiger partial charge in [0.05, 0.1) is 19.2 Å². The fourth-order valence-electron chi connectivity index (χ4n) is 2.77. The molecule has 1 aromatic carbocycles. The van der Waals surface area contributed by atoms with Crippen molar-refractivity contribution in [2.24, 2.45) is 0 Å². The first kappa shape index (κ1) is 15.3. The van der Waals surface area contributed by atoms with E-state index in [4.69, 9.17) is 21.1 Å². The van der Waals surface area contributed by atoms with Crippen LogP contribution in [0, 0.1) is 0 Å². The number of hydrogen-bond acceptors (Lipinski definition) is 5. The molecule has 1 saturated heterocycles. The Bertz CT molecular complexity index is 645. The highest BCUT2D eigenvalue weighted by molar-refractivity contribution is 6.28. The lowest BCUT2D eigenvalue weighted by molar-refractivity contribution is 0.254. The second-order valence-electron chi connectivity index (χ2n) is 5.45. The Morgan fingerprint density at radius 3 is 2.82 bits per heavy atom. The molecule has 1 aliphatic rings. The highest BCUT2D eigenvalue weighted by atomic mass is 35.5. The predicted octanol–water partition coefficient (Wildman–Crippen LogP) is 3.16. The number of methoxy groups -OCH3 is 1. The topological polar surface area (TPSA) is 47.5 Å². The third-order valence-corrected chi connectivity index (χ3v) is 4.09. The van der Waals surface area contributed by atoms with Crippen molar-refractivity contribution in [1.29, 1.82) is 0 Å². The lowest BCUT2D eigenvalue weighted by Crippen LogP contribution is -2.21. The smallest absolute Gasteiger partial charge is 0.222 e. The Labute approximate surface area is 135 Å². The highest BCUT2D eigenvalue weighted by Crippen LogP contribution is 2.31. The number of benzene rings is 1. The van der Waals surface area contributed by atoms with Crippen LogP contribution in [-0.2, 0) is 0 Å². The van der Waals surface area contributed by atoms with E-state index in [-0.39, 0.29) is 5.28 Å². The molecule has 0 saturated carbocycles. The lowest BCUT2D eigenvalue weighted by atomic mass is 10.2. The summed E-state index contributed by atoms with van der Waals surface area (Å²) in [6.45, 7) is 4.19. The molecule has 3 rings (SSSR count). The van der Waals surface area contributed by atoms with Crippen molar-refractivity contribution in [1.82, 2.24) is 14.9 Å². The maximum absolute atomic E-state index is 5.88. The number of likely N-dealkylation sites (tertiary alicyclic amines) is 1. The molecule has 0 spiro atoms. The van der Waals surface area contributed by atoms with Gasteiger partial charge in [0.1, 0.15) is 0 Å². The van der Waals surface area contributed by atoms with Gasteiger partial charge in [-0.2, -0.15) is 0 Å². The number of fused-ring (bicyclic) bond motifs is 1. The molecule has 22 heavy (non-hydrogen) atoms. The van der Waals surface area contributed by atoms with Crippen LogP contribution in [0.5, 0.6) is 11.5 Å². The van der Waals surface area contributed by atoms with E-state index in [1.807, 2.05) is 12.1 Å². The fraction of sp³-hybridized carbons (Fsp3) is 0.500. The van der Waals surface area contributed by atoms with Crippen LogP contribution in [0.25, 0.3) is 10.9 Å². The second kappa shape index (κ2) is 7.11. The molecule has 0 atom stereocenters. The molecule has 6 heteroatoms. The van der Waals surface area contributed by atoms with Gasteiger partial charge in [-0.05, 0) is 50.0 Å². The maximum atomic E-state index is 5.88. The van der Waals surface area contributed by atoms with Crippen LogP contribution in [-0.4, -0.2) is 48.2 Å². The molecule has 1 fully saturated rings. The van der Waals surface area contributed by atoms with Crippen LogP contribution >= 0.6 is 11.6 Å². The molecule has 1 aromatic heterocycles. The summed E-state index contributed by atoms with van der Waals surface area (Å²) in [6, 6.07) is 3.74. The van der Waals surface area contributed by atoms with E-state index >= 15 is 0 Å². The van der Waals surface area contributed by atoms with Crippen LogP contribution in [0.1, 0.15) is 19.3 Å². The van der Waals surface area contributed by atoms with E-state index in [9.17, 15) is 0 Å². The normalized spacial score (nSPS) is 15.4. The Morgan fingerprint density at radius 2 is 2.05 bits per heavy atom. The van der Waals surface area contributed by atoms with E-state index < -0.39 is 0 Å². The van der Waals surface area contributed by atoms with Crippen molar-refractivity contribution in [2.75, 3.05) is 33.4 Å². The van der Waals surface area contributed by atoms with E-state index in [1.165, 1.54) is 25.9 Å². The molecule has 0 unspecified atom stereocenters. The Morgan fingerprint density at radius 1 is 1.23 bits per heavy atom. The summed E-state index contributed by atoms with van der Waals surface area (Å²) in [5.74, 6) is 1.39. The molecule has 1 aliphatic heterocycles. The van der Waals surface area contributed by atoms with Crippen LogP contribution in [0.2, 0.25) is 5.28 Å². The van der Waals surface area contributed by atoms with E-state index in [1.54, 1.807) is 13.3 Å². The first-order chi connectivity index (χ1) is 10.8. The maximum Gasteiger partial charge on any atom is 0.222 e. The second-order valence-corrected chi connectivity index (χ2v) is 5.79. The molecular formula is C16H20ClN3O2. The van der Waals surface area contributed by atoms with Crippen molar-refractivity contribution >= 4 is 22.5 Å². The number of halogens is 1. The number of aromatic nitrogens is 2. The summed E-state index contributed by atoms with van der Waals surface area (Å²) in [5.41, 5.74) is 0.760. The number of hydrogen-bond donors (Lipinski definition) is 0. The van der Waals surface area contributed by atoms with Crippen LogP contribution < -0.4 is 9.47 Å². The quantitative estimate of drug-likeness (QED) is 0.604. The molecule has 0 aliphatic carbocycles. The van der Waals surface area contributed by atoms with Crippen LogP contribution in [0.4, 0.5) is 0 Å². The zero-order valence-electron chi connectivity index (χ0n) is 12.7. The molecule has 0 amide bonds. The van der Waals surface area contributed by atoms with Crippen molar-refractivity contribution in [3.63, 3.8) is 0 Å². The minimum atomic E-state index is 0.234. The molecule has 118 valence electrons. The molecule has 5 nitrogen and oxygen atoms in total. The van der Waals surface area contributed by atoms with Gasteiger partial charge < -0.3 is 14.4 Å². The number of nitrogens with zero attached hydrogens (tertiary/aromatic N) is 3. The zero-order valence-corrected chi connectivity index (χ0v) is 13.5. The average molecular weight is 322 g/mol. The summed E-state index contributed by atoms with van der Waals surface area (Å²) >= 11 is 5.84. The summed E-state index contributed by atoms with van der Waals surface area (Å²) in [6.07, 6.45) is 5.33. The fourth-order valence-corrected chi connectivity index (χ4v) is 2.90. The first-order valence-electron chi connectivity index (χ1n) is 7.62. The van der Waals surface area contributed by atoms with Crippen molar-refractivity contribution in [3.05, 3.63) is 23.6 Å². The van der Waals surface area contributed by atoms with Gasteiger partial charge >= 0.3 is 0 Å². The minimum absolute atomic E-state index is 0.234. The van der Waals surface area contributed by atoms with Gasteiger partial charge in [-0.25, -0.2) is 9.97 Å². The lowest BCUT2D eigenvalue weighted by Gasteiger charge is -2.15. The third kappa shape index (κ3) is 3.59. The molecule has 0 bridgehead atoms. The predicted molar refractivity (Wildman–Crippen MR) is 86.9 cm³/mol. The van der Waals surface area contributed by atoms with Gasteiger partial charge in [0.25, 0.3) is 0 Å². The molecule has 0 radical (unpaired) electrons. The van der Waals surface area contributed by atoms with Gasteiger partial charge in [-0.1, -0.05) is 0 Å². The molecule has 2 heterocycles. The van der Waals surface area contributed by atoms with Crippen LogP contribution in [0.15, 0.2) is 18.3 Å². The number of ether oxygens (including phenoxy) is 2. The van der Waals surface area contributed by atoms with Crippen molar-refractivity contribution in [3.8, 4) is 11.5 Å². The largest absolute Gasteiger partial charge is 0.493 e. The molecular weight excluding hydrogens is 302 g/mol. The van der Waals surface area contributed by atoms with Gasteiger partial charge in [-0.3, -0.25) is 0 Å². The summed E-state index contributed by atoms with van der Waals surface area (Å²) in [7, 11) is 1.63. The van der Waals surface area contributed by atoms with Crippen molar-refractivity contribution in [2.45, 2.75) is 19.3 Å². The molecule has 0 N–H and O–H groups in total. The van der Waals surface area contributed by atoms with Gasteiger partial charge in [0, 0.05) is 24.2 Å². The van der Waals surface area contributed by atoms with Gasteiger partial charge in [-0.15, -0.1) is 0 Å². The third-order valence-electron chi connectivity index (χ3n) is 3.91. The Hall–Kier alpha value is -1.59. The summed E-state index contributed by atoms with van der Waals surface area (Å²) in [4.78, 5) is 10.7. The molecule has 2 aromatic rings. The number of rotatable bonds is 6. The monoisotopic (exact) mass is 321 g/mol. The minimum Gasteiger partial charge on any atom is -0.493 e. The Balaban J connectivity index is 1.65. The average Bonchev–Trinajstić information content (AvgIpc) is 3.04. The summed E-state index contributed by atoms with van der Waals surface area (Å²) < 4.78 is 11.3. The Kier molecular flexibility index (Phi) is 4.95. The van der Waals surface area contributed by atoms with E-state index in [0.29, 0.717) is 18.1 Å². The standard InChI is InChI=1S/C16H20ClN3O2/c1-21-14-9-12-11-18-16(17)19-13(12)10-15(14)22-8-4-7-20-5-2-3-6-20/h9-11H,2-8H2,1H3. The summed E-state index contributed by atoms with van der Waals surface area (Å²) in [5, 5.41) is 1.11. The van der Waals surface area contributed by atoms with Gasteiger partial charge in [0.2, 0.25) is 5.28 Å². The zero-order chi connectivity index (χ0) is 15.4. The van der Waals surface area contributed by atoms with Crippen molar-refractivity contribution < 1.29 is 9.47 Å². The van der Waals surface area contributed by atoms with E-state index in [2.05, 4.69) is 14.9 Å².